The summed E-state index contributed by atoms with van der Waals surface area (Å²) in [5.74, 6) is 0.230. The Bertz CT molecular complexity index is 443. The predicted octanol–water partition coefficient (Wildman–Crippen LogP) is 3.30. The van der Waals surface area contributed by atoms with Crippen molar-refractivity contribution in [1.82, 2.24) is 0 Å². The molecule has 0 bridgehead atoms. The average molecular weight is 231 g/mol. The molecule has 0 N–H and O–H groups in total. The Kier molecular flexibility index (Phi) is 2.98. The highest BCUT2D eigenvalue weighted by Gasteiger charge is 2.24. The molecule has 2 nitrogen and oxygen atoms in total. The minimum atomic E-state index is -0.297. The van der Waals surface area contributed by atoms with E-state index in [4.69, 9.17) is 0 Å². The lowest BCUT2D eigenvalue weighted by molar-refractivity contribution is 0.0858. The number of fused-ring (bicyclic) bond motifs is 1. The standard InChI is InChI=1S/C15H21NO/c1-15(2,3)14(17)12-7-8-13-11(10-12)6-5-9-16(13)4/h7-8,10H,5-6,9H2,1-4H3. The Morgan fingerprint density at radius 1 is 1.29 bits per heavy atom. The molecular formula is C15H21NO. The number of ketones is 1. The monoisotopic (exact) mass is 231 g/mol. The molecule has 0 saturated heterocycles. The lowest BCUT2D eigenvalue weighted by atomic mass is 9.85. The van der Waals surface area contributed by atoms with E-state index in [2.05, 4.69) is 24.1 Å². The van der Waals surface area contributed by atoms with E-state index in [1.54, 1.807) is 0 Å². The number of rotatable bonds is 1. The molecule has 2 rings (SSSR count). The van der Waals surface area contributed by atoms with Crippen LogP contribution in [0.15, 0.2) is 18.2 Å². The Labute approximate surface area is 104 Å². The molecule has 0 saturated carbocycles. The van der Waals surface area contributed by atoms with E-state index in [0.717, 1.165) is 18.5 Å². The molecule has 0 aromatic heterocycles. The molecule has 1 heterocycles. The van der Waals surface area contributed by atoms with Gasteiger partial charge in [-0.25, -0.2) is 0 Å². The average Bonchev–Trinajstić information content (AvgIpc) is 2.26. The summed E-state index contributed by atoms with van der Waals surface area (Å²) in [5, 5.41) is 0. The summed E-state index contributed by atoms with van der Waals surface area (Å²) in [7, 11) is 2.11. The second-order valence-electron chi connectivity index (χ2n) is 5.95. The summed E-state index contributed by atoms with van der Waals surface area (Å²) >= 11 is 0. The number of hydrogen-bond donors (Lipinski definition) is 0. The van der Waals surface area contributed by atoms with Crippen LogP contribution in [0.25, 0.3) is 0 Å². The summed E-state index contributed by atoms with van der Waals surface area (Å²) in [6.07, 6.45) is 2.27. The fraction of sp³-hybridized carbons (Fsp3) is 0.533. The number of hydrogen-bond acceptors (Lipinski definition) is 2. The van der Waals surface area contributed by atoms with Gasteiger partial charge in [0.1, 0.15) is 0 Å². The molecule has 2 heteroatoms. The van der Waals surface area contributed by atoms with Crippen molar-refractivity contribution >= 4 is 11.5 Å². The van der Waals surface area contributed by atoms with Gasteiger partial charge in [0, 0.05) is 30.3 Å². The molecule has 0 spiro atoms. The minimum Gasteiger partial charge on any atom is -0.374 e. The zero-order chi connectivity index (χ0) is 12.6. The number of benzene rings is 1. The normalized spacial score (nSPS) is 15.6. The van der Waals surface area contributed by atoms with Crippen molar-refractivity contribution in [3.63, 3.8) is 0 Å². The van der Waals surface area contributed by atoms with Crippen molar-refractivity contribution in [2.75, 3.05) is 18.5 Å². The third kappa shape index (κ3) is 2.36. The maximum Gasteiger partial charge on any atom is 0.168 e. The van der Waals surface area contributed by atoms with Crippen molar-refractivity contribution in [2.24, 2.45) is 5.41 Å². The molecule has 17 heavy (non-hydrogen) atoms. The lowest BCUT2D eigenvalue weighted by Gasteiger charge is -2.28. The second kappa shape index (κ2) is 4.17. The van der Waals surface area contributed by atoms with Crippen LogP contribution in [0.5, 0.6) is 0 Å². The summed E-state index contributed by atoms with van der Waals surface area (Å²) in [4.78, 5) is 14.5. The van der Waals surface area contributed by atoms with Crippen LogP contribution in [0.1, 0.15) is 43.1 Å². The number of nitrogens with zero attached hydrogens (tertiary/aromatic N) is 1. The fourth-order valence-corrected chi connectivity index (χ4v) is 2.36. The minimum absolute atomic E-state index is 0.230. The van der Waals surface area contributed by atoms with Crippen LogP contribution in [0.2, 0.25) is 0 Å². The van der Waals surface area contributed by atoms with Gasteiger partial charge >= 0.3 is 0 Å². The Balaban J connectivity index is 2.37. The lowest BCUT2D eigenvalue weighted by Crippen LogP contribution is -2.26. The molecule has 1 aliphatic heterocycles. The molecule has 0 fully saturated rings. The van der Waals surface area contributed by atoms with Crippen molar-refractivity contribution in [3.8, 4) is 0 Å². The highest BCUT2D eigenvalue weighted by molar-refractivity contribution is 6.00. The first-order chi connectivity index (χ1) is 7.89. The van der Waals surface area contributed by atoms with Gasteiger partial charge in [0.15, 0.2) is 5.78 Å². The van der Waals surface area contributed by atoms with Gasteiger partial charge in [-0.05, 0) is 36.6 Å². The fourth-order valence-electron chi connectivity index (χ4n) is 2.36. The van der Waals surface area contributed by atoms with E-state index in [1.807, 2.05) is 26.8 Å². The summed E-state index contributed by atoms with van der Waals surface area (Å²) in [5.41, 5.74) is 3.15. The molecule has 0 radical (unpaired) electrons. The maximum absolute atomic E-state index is 12.2. The summed E-state index contributed by atoms with van der Waals surface area (Å²) in [6, 6.07) is 6.14. The quantitative estimate of drug-likeness (QED) is 0.691. The molecule has 0 aliphatic carbocycles. The molecule has 0 atom stereocenters. The van der Waals surface area contributed by atoms with Crippen molar-refractivity contribution in [2.45, 2.75) is 33.6 Å². The first-order valence-corrected chi connectivity index (χ1v) is 6.28. The van der Waals surface area contributed by atoms with Crippen LogP contribution in [0, 0.1) is 5.41 Å². The molecule has 1 aromatic rings. The van der Waals surface area contributed by atoms with Crippen LogP contribution < -0.4 is 4.90 Å². The summed E-state index contributed by atoms with van der Waals surface area (Å²) in [6.45, 7) is 7.03. The highest BCUT2D eigenvalue weighted by Crippen LogP contribution is 2.29. The third-order valence-corrected chi connectivity index (χ3v) is 3.37. The first kappa shape index (κ1) is 12.2. The largest absolute Gasteiger partial charge is 0.374 e. The van der Waals surface area contributed by atoms with Crippen LogP contribution >= 0.6 is 0 Å². The van der Waals surface area contributed by atoms with E-state index < -0.39 is 0 Å². The highest BCUT2D eigenvalue weighted by atomic mass is 16.1. The van der Waals surface area contributed by atoms with Crippen LogP contribution in [-0.2, 0) is 6.42 Å². The van der Waals surface area contributed by atoms with Gasteiger partial charge in [0.2, 0.25) is 0 Å². The van der Waals surface area contributed by atoms with E-state index in [-0.39, 0.29) is 11.2 Å². The smallest absolute Gasteiger partial charge is 0.168 e. The van der Waals surface area contributed by atoms with Gasteiger partial charge in [-0.3, -0.25) is 4.79 Å². The van der Waals surface area contributed by atoms with Crippen LogP contribution in [0.3, 0.4) is 0 Å². The van der Waals surface area contributed by atoms with Gasteiger partial charge in [-0.2, -0.15) is 0 Å². The van der Waals surface area contributed by atoms with Gasteiger partial charge in [0.05, 0.1) is 0 Å². The zero-order valence-corrected chi connectivity index (χ0v) is 11.2. The number of aryl methyl sites for hydroxylation is 1. The van der Waals surface area contributed by atoms with E-state index >= 15 is 0 Å². The number of carbonyl (C=O) groups is 1. The molecule has 0 amide bonds. The van der Waals surface area contributed by atoms with Crippen LogP contribution in [0.4, 0.5) is 5.69 Å². The Morgan fingerprint density at radius 3 is 2.65 bits per heavy atom. The topological polar surface area (TPSA) is 20.3 Å². The molecule has 92 valence electrons. The van der Waals surface area contributed by atoms with Gasteiger partial charge in [-0.15, -0.1) is 0 Å². The van der Waals surface area contributed by atoms with Gasteiger partial charge < -0.3 is 4.90 Å². The van der Waals surface area contributed by atoms with E-state index in [1.165, 1.54) is 17.7 Å². The zero-order valence-electron chi connectivity index (χ0n) is 11.2. The van der Waals surface area contributed by atoms with Crippen molar-refractivity contribution < 1.29 is 4.79 Å². The van der Waals surface area contributed by atoms with E-state index in [9.17, 15) is 4.79 Å². The Hall–Kier alpha value is -1.31. The van der Waals surface area contributed by atoms with Crippen molar-refractivity contribution in [3.05, 3.63) is 29.3 Å². The maximum atomic E-state index is 12.2. The van der Waals surface area contributed by atoms with Crippen LogP contribution in [-0.4, -0.2) is 19.4 Å². The molecule has 1 aliphatic rings. The Morgan fingerprint density at radius 2 is 2.00 bits per heavy atom. The summed E-state index contributed by atoms with van der Waals surface area (Å²) < 4.78 is 0. The number of Topliss-reactive ketones (excluding diaryl/α,β-unsaturated/α-hetero) is 1. The molecule has 0 unspecified atom stereocenters. The SMILES string of the molecule is CN1CCCc2cc(C(=O)C(C)(C)C)ccc21. The third-order valence-electron chi connectivity index (χ3n) is 3.37. The molecule has 1 aromatic carbocycles. The van der Waals surface area contributed by atoms with Gasteiger partial charge in [-0.1, -0.05) is 20.8 Å². The van der Waals surface area contributed by atoms with Crippen molar-refractivity contribution in [1.29, 1.82) is 0 Å². The molecular weight excluding hydrogens is 210 g/mol. The van der Waals surface area contributed by atoms with Gasteiger partial charge in [0.25, 0.3) is 0 Å². The first-order valence-electron chi connectivity index (χ1n) is 6.28. The second-order valence-corrected chi connectivity index (χ2v) is 5.95. The predicted molar refractivity (Wildman–Crippen MR) is 71.8 cm³/mol. The van der Waals surface area contributed by atoms with E-state index in [0.29, 0.717) is 0 Å². The number of anilines is 1. The number of carbonyl (C=O) groups excluding carboxylic acids is 1.